The lowest BCUT2D eigenvalue weighted by Gasteiger charge is -2.21. The van der Waals surface area contributed by atoms with Gasteiger partial charge in [0.05, 0.1) is 4.90 Å². The molecule has 0 saturated carbocycles. The van der Waals surface area contributed by atoms with Gasteiger partial charge < -0.3 is 0 Å². The van der Waals surface area contributed by atoms with Crippen LogP contribution in [0.2, 0.25) is 0 Å². The minimum Gasteiger partial charge on any atom is -0.274 e. The normalized spacial score (nSPS) is 12.8. The number of sulfonamides is 1. The molecule has 0 spiro atoms. The van der Waals surface area contributed by atoms with E-state index in [-0.39, 0.29) is 10.8 Å². The summed E-state index contributed by atoms with van der Waals surface area (Å²) in [5, 5.41) is 0. The Morgan fingerprint density at radius 1 is 1.09 bits per heavy atom. The molecule has 122 valence electrons. The summed E-state index contributed by atoms with van der Waals surface area (Å²) in [6, 6.07) is 5.03. The quantitative estimate of drug-likeness (QED) is 0.648. The van der Waals surface area contributed by atoms with Crippen LogP contribution in [0.25, 0.3) is 0 Å². The van der Waals surface area contributed by atoms with Crippen LogP contribution in [0.5, 0.6) is 0 Å². The maximum Gasteiger partial charge on any atom is 0.256 e. The first-order chi connectivity index (χ1) is 10.1. The van der Waals surface area contributed by atoms with Crippen molar-refractivity contribution in [3.63, 3.8) is 0 Å². The van der Waals surface area contributed by atoms with E-state index in [1.165, 1.54) is 19.1 Å². The van der Waals surface area contributed by atoms with Gasteiger partial charge >= 0.3 is 0 Å². The third kappa shape index (κ3) is 5.39. The number of benzene rings is 1. The molecule has 3 N–H and O–H groups in total. The molecule has 0 aliphatic heterocycles. The summed E-state index contributed by atoms with van der Waals surface area (Å²) in [4.78, 5) is 22.9. The molecule has 0 bridgehead atoms. The average Bonchev–Trinajstić information content (AvgIpc) is 2.42. The summed E-state index contributed by atoms with van der Waals surface area (Å²) in [7, 11) is -3.85. The predicted octanol–water partition coefficient (Wildman–Crippen LogP) is 0.919. The van der Waals surface area contributed by atoms with Crippen LogP contribution in [0.3, 0.4) is 0 Å². The predicted molar refractivity (Wildman–Crippen MR) is 85.0 cm³/mol. The molecule has 1 rings (SSSR count). The Morgan fingerprint density at radius 3 is 2.09 bits per heavy atom. The largest absolute Gasteiger partial charge is 0.274 e. The number of nitrogens with one attached hydrogen (secondary N) is 3. The number of hydrogen-bond acceptors (Lipinski definition) is 4. The van der Waals surface area contributed by atoms with Crippen molar-refractivity contribution in [1.29, 1.82) is 0 Å². The van der Waals surface area contributed by atoms with E-state index in [1.54, 1.807) is 26.0 Å². The molecule has 1 atom stereocenters. The highest BCUT2D eigenvalue weighted by Crippen LogP contribution is 2.16. The van der Waals surface area contributed by atoms with E-state index in [4.69, 9.17) is 0 Å². The molecule has 7 nitrogen and oxygen atoms in total. The Bertz CT molecular complexity index is 644. The molecule has 0 aliphatic carbocycles. The van der Waals surface area contributed by atoms with Crippen molar-refractivity contribution in [3.8, 4) is 0 Å². The Hall–Kier alpha value is -1.45. The fourth-order valence-corrected chi connectivity index (χ4v) is 3.18. The van der Waals surface area contributed by atoms with Crippen LogP contribution in [0.1, 0.15) is 20.8 Å². The maximum atomic E-state index is 12.3. The van der Waals surface area contributed by atoms with E-state index in [0.717, 1.165) is 4.47 Å². The van der Waals surface area contributed by atoms with Gasteiger partial charge in [-0.1, -0.05) is 29.8 Å². The van der Waals surface area contributed by atoms with Crippen LogP contribution in [0.15, 0.2) is 33.6 Å². The summed E-state index contributed by atoms with van der Waals surface area (Å²) in [5.74, 6) is -1.39. The molecule has 1 aromatic rings. The topological polar surface area (TPSA) is 104 Å². The van der Waals surface area contributed by atoms with Crippen LogP contribution in [-0.4, -0.2) is 26.3 Å². The molecule has 0 unspecified atom stereocenters. The van der Waals surface area contributed by atoms with Crippen LogP contribution in [-0.2, 0) is 19.6 Å². The van der Waals surface area contributed by atoms with Gasteiger partial charge in [0.15, 0.2) is 0 Å². The van der Waals surface area contributed by atoms with E-state index >= 15 is 0 Å². The second-order valence-electron chi connectivity index (χ2n) is 4.97. The number of amides is 2. The van der Waals surface area contributed by atoms with E-state index in [1.807, 2.05) is 0 Å². The van der Waals surface area contributed by atoms with Gasteiger partial charge in [-0.2, -0.15) is 4.72 Å². The molecular formula is C13H18BrN3O4S. The van der Waals surface area contributed by atoms with Gasteiger partial charge in [0, 0.05) is 11.4 Å². The van der Waals surface area contributed by atoms with Gasteiger partial charge in [-0.25, -0.2) is 8.42 Å². The van der Waals surface area contributed by atoms with E-state index in [9.17, 15) is 18.0 Å². The van der Waals surface area contributed by atoms with E-state index in [0.29, 0.717) is 0 Å². The number of halogens is 1. The second-order valence-corrected chi connectivity index (χ2v) is 7.60. The third-order valence-electron chi connectivity index (χ3n) is 2.72. The molecule has 0 fully saturated rings. The lowest BCUT2D eigenvalue weighted by molar-refractivity contribution is -0.129. The van der Waals surface area contributed by atoms with Crippen molar-refractivity contribution < 1.29 is 18.0 Å². The highest BCUT2D eigenvalue weighted by atomic mass is 79.9. The Balaban J connectivity index is 2.92. The van der Waals surface area contributed by atoms with Gasteiger partial charge in [0.25, 0.3) is 5.91 Å². The molecule has 0 saturated heterocycles. The lowest BCUT2D eigenvalue weighted by Crippen LogP contribution is -2.53. The molecule has 0 heterocycles. The number of rotatable bonds is 5. The second kappa shape index (κ2) is 7.70. The SMILES string of the molecule is CC(=O)NNC(=O)[C@H](NS(=O)(=O)c1ccc(Br)cc1)C(C)C. The van der Waals surface area contributed by atoms with Gasteiger partial charge in [-0.3, -0.25) is 20.4 Å². The van der Waals surface area contributed by atoms with Crippen molar-refractivity contribution in [3.05, 3.63) is 28.7 Å². The summed E-state index contributed by atoms with van der Waals surface area (Å²) in [6.45, 7) is 4.63. The number of hydrogen-bond donors (Lipinski definition) is 3. The first-order valence-electron chi connectivity index (χ1n) is 6.48. The minimum atomic E-state index is -3.85. The zero-order chi connectivity index (χ0) is 16.9. The molecule has 22 heavy (non-hydrogen) atoms. The number of carbonyl (C=O) groups excluding carboxylic acids is 2. The molecule has 0 aromatic heterocycles. The van der Waals surface area contributed by atoms with Crippen LogP contribution in [0, 0.1) is 5.92 Å². The van der Waals surface area contributed by atoms with Crippen LogP contribution in [0.4, 0.5) is 0 Å². The molecular weight excluding hydrogens is 374 g/mol. The molecule has 0 radical (unpaired) electrons. The maximum absolute atomic E-state index is 12.3. The average molecular weight is 392 g/mol. The molecule has 2 amide bonds. The zero-order valence-electron chi connectivity index (χ0n) is 12.4. The van der Waals surface area contributed by atoms with Gasteiger partial charge in [0.2, 0.25) is 15.9 Å². The molecule has 0 aliphatic rings. The summed E-state index contributed by atoms with van der Waals surface area (Å²) >= 11 is 3.22. The van der Waals surface area contributed by atoms with Gasteiger partial charge in [-0.15, -0.1) is 0 Å². The first-order valence-corrected chi connectivity index (χ1v) is 8.75. The van der Waals surface area contributed by atoms with Crippen molar-refractivity contribution >= 4 is 37.8 Å². The minimum absolute atomic E-state index is 0.0497. The van der Waals surface area contributed by atoms with Crippen LogP contribution < -0.4 is 15.6 Å². The Kier molecular flexibility index (Phi) is 6.51. The van der Waals surface area contributed by atoms with Crippen molar-refractivity contribution in [2.75, 3.05) is 0 Å². The highest BCUT2D eigenvalue weighted by molar-refractivity contribution is 9.10. The Morgan fingerprint density at radius 2 is 1.64 bits per heavy atom. The summed E-state index contributed by atoms with van der Waals surface area (Å²) in [6.07, 6.45) is 0. The fraction of sp³-hybridized carbons (Fsp3) is 0.385. The van der Waals surface area contributed by atoms with Crippen LogP contribution >= 0.6 is 15.9 Å². The zero-order valence-corrected chi connectivity index (χ0v) is 14.8. The van der Waals surface area contributed by atoms with E-state index in [2.05, 4.69) is 31.5 Å². The highest BCUT2D eigenvalue weighted by Gasteiger charge is 2.28. The summed E-state index contributed by atoms with van der Waals surface area (Å²) in [5.41, 5.74) is 4.31. The number of carbonyl (C=O) groups is 2. The smallest absolute Gasteiger partial charge is 0.256 e. The van der Waals surface area contributed by atoms with Crippen molar-refractivity contribution in [1.82, 2.24) is 15.6 Å². The number of hydrazine groups is 1. The monoisotopic (exact) mass is 391 g/mol. The molecule has 1 aromatic carbocycles. The third-order valence-corrected chi connectivity index (χ3v) is 4.70. The molecule has 9 heteroatoms. The fourth-order valence-electron chi connectivity index (χ4n) is 1.57. The van der Waals surface area contributed by atoms with Crippen molar-refractivity contribution in [2.24, 2.45) is 5.92 Å². The Labute approximate surface area is 138 Å². The summed E-state index contributed by atoms with van der Waals surface area (Å²) < 4.78 is 27.7. The van der Waals surface area contributed by atoms with E-state index < -0.39 is 27.9 Å². The lowest BCUT2D eigenvalue weighted by atomic mass is 10.1. The van der Waals surface area contributed by atoms with Crippen molar-refractivity contribution in [2.45, 2.75) is 31.7 Å². The van der Waals surface area contributed by atoms with Gasteiger partial charge in [0.1, 0.15) is 6.04 Å². The standard InChI is InChI=1S/C13H18BrN3O4S/c1-8(2)12(13(19)16-15-9(3)18)17-22(20,21)11-6-4-10(14)5-7-11/h4-8,12,17H,1-3H3,(H,15,18)(H,16,19)/t12-/m1/s1. The first kappa shape index (κ1) is 18.6. The van der Waals surface area contributed by atoms with Gasteiger partial charge in [-0.05, 0) is 30.2 Å².